The number of hydrogen-bond acceptors (Lipinski definition) is 3. The van der Waals surface area contributed by atoms with Gasteiger partial charge in [0.15, 0.2) is 0 Å². The highest BCUT2D eigenvalue weighted by molar-refractivity contribution is 6.54. The quantitative estimate of drug-likeness (QED) is 0.238. The molecule has 0 aromatic heterocycles. The van der Waals surface area contributed by atoms with Crippen LogP contribution in [0.5, 0.6) is 0 Å². The van der Waals surface area contributed by atoms with Crippen molar-refractivity contribution in [3.8, 4) is 6.07 Å². The Morgan fingerprint density at radius 2 is 1.58 bits per heavy atom. The van der Waals surface area contributed by atoms with Gasteiger partial charge in [-0.1, -0.05) is 34.8 Å². The first-order valence-corrected chi connectivity index (χ1v) is 12.0. The second-order valence-corrected chi connectivity index (χ2v) is 10.5. The van der Waals surface area contributed by atoms with E-state index in [1.165, 1.54) is 30.3 Å². The van der Waals surface area contributed by atoms with E-state index in [4.69, 9.17) is 63.3 Å². The monoisotopic (exact) mass is 587 g/mol. The Labute approximate surface area is 228 Å². The molecule has 0 heterocycles. The van der Waals surface area contributed by atoms with E-state index in [0.717, 1.165) is 18.2 Å². The number of nitriles is 1. The third-order valence-electron chi connectivity index (χ3n) is 5.53. The van der Waals surface area contributed by atoms with Gasteiger partial charge < -0.3 is 10.6 Å². The normalized spacial score (nSPS) is 17.7. The van der Waals surface area contributed by atoms with Gasteiger partial charge in [0.2, 0.25) is 5.91 Å². The summed E-state index contributed by atoms with van der Waals surface area (Å²) in [6.07, 6.45) is 0. The SMILES string of the molecule is N#Cc1ccc(NC(=O)c2cc(NC(=O)C3C(c4cc(Cl)c(Cl)c(Cl)c4)C3(Cl)Cl)ccc2F)c(F)c1. The summed E-state index contributed by atoms with van der Waals surface area (Å²) in [7, 11) is 0. The Morgan fingerprint density at radius 3 is 2.19 bits per heavy atom. The van der Waals surface area contributed by atoms with Crippen LogP contribution in [0.4, 0.5) is 20.2 Å². The molecule has 2 N–H and O–H groups in total. The molecule has 1 fully saturated rings. The highest BCUT2D eigenvalue weighted by Crippen LogP contribution is 2.65. The summed E-state index contributed by atoms with van der Waals surface area (Å²) in [5, 5.41) is 14.1. The van der Waals surface area contributed by atoms with Crippen molar-refractivity contribution in [2.75, 3.05) is 10.6 Å². The summed E-state index contributed by atoms with van der Waals surface area (Å²) >= 11 is 30.8. The number of carbonyl (C=O) groups is 2. The number of benzene rings is 3. The summed E-state index contributed by atoms with van der Waals surface area (Å²) in [6, 6.07) is 11.5. The summed E-state index contributed by atoms with van der Waals surface area (Å²) in [6.45, 7) is 0. The van der Waals surface area contributed by atoms with E-state index >= 15 is 0 Å². The van der Waals surface area contributed by atoms with Gasteiger partial charge in [-0.15, -0.1) is 23.2 Å². The zero-order chi connectivity index (χ0) is 26.4. The van der Waals surface area contributed by atoms with E-state index in [9.17, 15) is 18.4 Å². The molecule has 1 saturated carbocycles. The number of anilines is 2. The molecule has 0 bridgehead atoms. The van der Waals surface area contributed by atoms with Gasteiger partial charge in [-0.05, 0) is 54.1 Å². The topological polar surface area (TPSA) is 82.0 Å². The van der Waals surface area contributed by atoms with Gasteiger partial charge in [0.05, 0.1) is 43.9 Å². The van der Waals surface area contributed by atoms with E-state index in [1.54, 1.807) is 6.07 Å². The minimum absolute atomic E-state index is 0.0533. The van der Waals surface area contributed by atoms with E-state index in [2.05, 4.69) is 10.6 Å². The molecule has 2 atom stereocenters. The molecule has 4 rings (SSSR count). The van der Waals surface area contributed by atoms with E-state index in [0.29, 0.717) is 5.56 Å². The van der Waals surface area contributed by atoms with E-state index in [1.807, 2.05) is 0 Å². The number of halogens is 7. The predicted molar refractivity (Wildman–Crippen MR) is 136 cm³/mol. The van der Waals surface area contributed by atoms with Gasteiger partial charge in [-0.3, -0.25) is 9.59 Å². The van der Waals surface area contributed by atoms with Gasteiger partial charge in [-0.25, -0.2) is 8.78 Å². The lowest BCUT2D eigenvalue weighted by molar-refractivity contribution is -0.117. The zero-order valence-corrected chi connectivity index (χ0v) is 21.5. The van der Waals surface area contributed by atoms with Crippen LogP contribution < -0.4 is 10.6 Å². The molecule has 5 nitrogen and oxygen atoms in total. The van der Waals surface area contributed by atoms with Crippen molar-refractivity contribution in [2.45, 2.75) is 10.3 Å². The molecule has 184 valence electrons. The highest BCUT2D eigenvalue weighted by Gasteiger charge is 2.67. The first-order chi connectivity index (χ1) is 16.9. The maximum absolute atomic E-state index is 14.4. The molecular formula is C24H12Cl5F2N3O2. The fourth-order valence-corrected chi connectivity index (χ4v) is 5.14. The molecule has 3 aromatic rings. The molecule has 2 unspecified atom stereocenters. The van der Waals surface area contributed by atoms with Gasteiger partial charge >= 0.3 is 0 Å². The number of nitrogens with one attached hydrogen (secondary N) is 2. The third kappa shape index (κ3) is 5.10. The minimum atomic E-state index is -1.47. The molecule has 3 aromatic carbocycles. The molecule has 2 amide bonds. The molecule has 12 heteroatoms. The number of alkyl halides is 2. The van der Waals surface area contributed by atoms with Crippen LogP contribution in [0.15, 0.2) is 48.5 Å². The van der Waals surface area contributed by atoms with Crippen molar-refractivity contribution in [3.05, 3.63) is 91.9 Å². The van der Waals surface area contributed by atoms with Crippen molar-refractivity contribution in [1.29, 1.82) is 5.26 Å². The second-order valence-electron chi connectivity index (χ2n) is 7.87. The van der Waals surface area contributed by atoms with E-state index in [-0.39, 0.29) is 32.0 Å². The van der Waals surface area contributed by atoms with Gasteiger partial charge in [0, 0.05) is 11.6 Å². The number of carbonyl (C=O) groups excluding carboxylic acids is 2. The Morgan fingerprint density at radius 1 is 0.917 bits per heavy atom. The number of nitrogens with zero attached hydrogens (tertiary/aromatic N) is 1. The minimum Gasteiger partial charge on any atom is -0.326 e. The zero-order valence-electron chi connectivity index (χ0n) is 17.7. The third-order valence-corrected chi connectivity index (χ3v) is 7.66. The van der Waals surface area contributed by atoms with Crippen LogP contribution in [0.3, 0.4) is 0 Å². The number of hydrogen-bond donors (Lipinski definition) is 2. The fraction of sp³-hybridized carbons (Fsp3) is 0.125. The molecule has 0 aliphatic heterocycles. The van der Waals surface area contributed by atoms with Gasteiger partial charge in [0.1, 0.15) is 16.0 Å². The first kappa shape index (κ1) is 26.5. The van der Waals surface area contributed by atoms with Crippen LogP contribution in [-0.4, -0.2) is 16.1 Å². The van der Waals surface area contributed by atoms with E-state index < -0.39 is 45.2 Å². The maximum atomic E-state index is 14.4. The Bertz CT molecular complexity index is 1440. The summed E-state index contributed by atoms with van der Waals surface area (Å²) in [5.74, 6) is -4.90. The lowest BCUT2D eigenvalue weighted by Crippen LogP contribution is -2.19. The van der Waals surface area contributed by atoms with Crippen LogP contribution in [0.2, 0.25) is 15.1 Å². The molecule has 1 aliphatic carbocycles. The van der Waals surface area contributed by atoms with Gasteiger partial charge in [-0.2, -0.15) is 5.26 Å². The van der Waals surface area contributed by atoms with Crippen LogP contribution in [-0.2, 0) is 4.79 Å². The van der Waals surface area contributed by atoms with Crippen molar-refractivity contribution < 1.29 is 18.4 Å². The predicted octanol–water partition coefficient (Wildman–Crippen LogP) is 7.57. The number of rotatable bonds is 5. The standard InChI is InChI=1S/C24H12Cl5F2N3O2/c25-14-6-11(7-15(26)21(14)27)19-20(24(19,28)29)23(36)33-12-2-3-16(30)13(8-12)22(35)34-18-4-1-10(9-32)5-17(18)31/h1-8,19-20H,(H,33,36)(H,34,35). The maximum Gasteiger partial charge on any atom is 0.258 e. The Kier molecular flexibility index (Phi) is 7.38. The summed E-state index contributed by atoms with van der Waals surface area (Å²) < 4.78 is 27.0. The average Bonchev–Trinajstić information content (AvgIpc) is 3.41. The Balaban J connectivity index is 1.52. The molecular weight excluding hydrogens is 578 g/mol. The van der Waals surface area contributed by atoms with Crippen molar-refractivity contribution >= 4 is 81.2 Å². The average molecular weight is 590 g/mol. The van der Waals surface area contributed by atoms with Crippen molar-refractivity contribution in [3.63, 3.8) is 0 Å². The lowest BCUT2D eigenvalue weighted by Gasteiger charge is -2.10. The van der Waals surface area contributed by atoms with Crippen LogP contribution >= 0.6 is 58.0 Å². The molecule has 1 aliphatic rings. The Hall–Kier alpha value is -2.60. The van der Waals surface area contributed by atoms with Crippen LogP contribution in [0.1, 0.15) is 27.4 Å². The first-order valence-electron chi connectivity index (χ1n) is 10.1. The molecule has 0 radical (unpaired) electrons. The van der Waals surface area contributed by atoms with Crippen molar-refractivity contribution in [2.24, 2.45) is 5.92 Å². The summed E-state index contributed by atoms with van der Waals surface area (Å²) in [5.41, 5.74) is -0.0688. The van der Waals surface area contributed by atoms with Crippen LogP contribution in [0, 0.1) is 28.9 Å². The summed E-state index contributed by atoms with van der Waals surface area (Å²) in [4.78, 5) is 25.5. The molecule has 0 saturated heterocycles. The lowest BCUT2D eigenvalue weighted by atomic mass is 10.1. The second kappa shape index (κ2) is 10.0. The molecule has 0 spiro atoms. The highest BCUT2D eigenvalue weighted by atomic mass is 35.5. The number of amides is 2. The van der Waals surface area contributed by atoms with Crippen molar-refractivity contribution in [1.82, 2.24) is 0 Å². The van der Waals surface area contributed by atoms with Gasteiger partial charge in [0.25, 0.3) is 5.91 Å². The molecule has 36 heavy (non-hydrogen) atoms. The largest absolute Gasteiger partial charge is 0.326 e. The smallest absolute Gasteiger partial charge is 0.258 e. The van der Waals surface area contributed by atoms with Crippen LogP contribution in [0.25, 0.3) is 0 Å². The fourth-order valence-electron chi connectivity index (χ4n) is 3.70.